The first-order chi connectivity index (χ1) is 11.5. The third-order valence-electron chi connectivity index (χ3n) is 3.56. The zero-order valence-corrected chi connectivity index (χ0v) is 13.7. The lowest BCUT2D eigenvalue weighted by Crippen LogP contribution is -2.32. The minimum Gasteiger partial charge on any atom is -0.355 e. The highest BCUT2D eigenvalue weighted by Crippen LogP contribution is 2.22. The SMILES string of the molecule is Cc1noc([C@@H](NC(=O)c2cc(-c3ccccc3)on2)C(C)C)n1. The topological polar surface area (TPSA) is 94.1 Å². The number of aromatic nitrogens is 3. The van der Waals surface area contributed by atoms with Gasteiger partial charge in [-0.1, -0.05) is 54.5 Å². The monoisotopic (exact) mass is 326 g/mol. The summed E-state index contributed by atoms with van der Waals surface area (Å²) in [4.78, 5) is 16.7. The quantitative estimate of drug-likeness (QED) is 0.774. The number of benzene rings is 1. The maximum Gasteiger partial charge on any atom is 0.274 e. The molecule has 0 unspecified atom stereocenters. The Labute approximate surface area is 139 Å². The normalized spacial score (nSPS) is 12.3. The summed E-state index contributed by atoms with van der Waals surface area (Å²) in [6.07, 6.45) is 0. The molecule has 0 aliphatic carbocycles. The molecule has 1 aromatic carbocycles. The lowest BCUT2D eigenvalue weighted by atomic mass is 10.0. The molecule has 0 saturated heterocycles. The molecular weight excluding hydrogens is 308 g/mol. The molecule has 0 aliphatic rings. The molecule has 1 amide bonds. The van der Waals surface area contributed by atoms with E-state index in [2.05, 4.69) is 20.6 Å². The Kier molecular flexibility index (Phi) is 4.41. The molecule has 0 spiro atoms. The minimum atomic E-state index is -0.393. The fourth-order valence-corrected chi connectivity index (χ4v) is 2.29. The van der Waals surface area contributed by atoms with Crippen molar-refractivity contribution < 1.29 is 13.8 Å². The van der Waals surface area contributed by atoms with Crippen LogP contribution < -0.4 is 5.32 Å². The van der Waals surface area contributed by atoms with Gasteiger partial charge >= 0.3 is 0 Å². The molecule has 124 valence electrons. The second-order valence-corrected chi connectivity index (χ2v) is 5.82. The molecule has 3 aromatic rings. The molecule has 1 atom stereocenters. The van der Waals surface area contributed by atoms with Crippen molar-refractivity contribution >= 4 is 5.91 Å². The van der Waals surface area contributed by atoms with Gasteiger partial charge in [0, 0.05) is 11.6 Å². The average Bonchev–Trinajstić information content (AvgIpc) is 3.22. The van der Waals surface area contributed by atoms with Crippen LogP contribution in [0.3, 0.4) is 0 Å². The molecule has 2 heterocycles. The Morgan fingerprint density at radius 1 is 1.12 bits per heavy atom. The van der Waals surface area contributed by atoms with Gasteiger partial charge in [0.2, 0.25) is 5.89 Å². The number of nitrogens with zero attached hydrogens (tertiary/aromatic N) is 3. The molecule has 3 rings (SSSR count). The van der Waals surface area contributed by atoms with Gasteiger partial charge in [0.15, 0.2) is 17.3 Å². The Balaban J connectivity index is 1.78. The first-order valence-corrected chi connectivity index (χ1v) is 7.68. The second kappa shape index (κ2) is 6.66. The number of rotatable bonds is 5. The van der Waals surface area contributed by atoms with Crippen LogP contribution >= 0.6 is 0 Å². The number of aryl methyl sites for hydroxylation is 1. The van der Waals surface area contributed by atoms with Crippen LogP contribution in [0.1, 0.15) is 42.1 Å². The third kappa shape index (κ3) is 3.34. The maximum atomic E-state index is 12.5. The zero-order valence-electron chi connectivity index (χ0n) is 13.7. The fraction of sp³-hybridized carbons (Fsp3) is 0.294. The highest BCUT2D eigenvalue weighted by molar-refractivity contribution is 5.93. The Morgan fingerprint density at radius 3 is 2.50 bits per heavy atom. The van der Waals surface area contributed by atoms with Crippen molar-refractivity contribution in [2.45, 2.75) is 26.8 Å². The molecule has 0 aliphatic heterocycles. The fourth-order valence-electron chi connectivity index (χ4n) is 2.29. The van der Waals surface area contributed by atoms with E-state index in [1.54, 1.807) is 13.0 Å². The molecule has 0 saturated carbocycles. The lowest BCUT2D eigenvalue weighted by Gasteiger charge is -2.17. The van der Waals surface area contributed by atoms with Crippen molar-refractivity contribution in [1.29, 1.82) is 0 Å². The summed E-state index contributed by atoms with van der Waals surface area (Å²) in [7, 11) is 0. The standard InChI is InChI=1S/C17H18N4O3/c1-10(2)15(17-18-11(3)20-24-17)19-16(22)13-9-14(23-21-13)12-7-5-4-6-8-12/h4-10,15H,1-3H3,(H,19,22)/t15-/m0/s1. The Hall–Kier alpha value is -2.96. The Morgan fingerprint density at radius 2 is 1.88 bits per heavy atom. The number of hydrogen-bond acceptors (Lipinski definition) is 6. The predicted molar refractivity (Wildman–Crippen MR) is 86.0 cm³/mol. The van der Waals surface area contributed by atoms with Crippen molar-refractivity contribution in [2.24, 2.45) is 5.92 Å². The van der Waals surface area contributed by atoms with Crippen LogP contribution in [0.25, 0.3) is 11.3 Å². The summed E-state index contributed by atoms with van der Waals surface area (Å²) in [6, 6.07) is 10.7. The predicted octanol–water partition coefficient (Wildman–Crippen LogP) is 3.16. The van der Waals surface area contributed by atoms with Crippen molar-refractivity contribution in [3.8, 4) is 11.3 Å². The van der Waals surface area contributed by atoms with Crippen LogP contribution in [0.5, 0.6) is 0 Å². The summed E-state index contributed by atoms with van der Waals surface area (Å²) >= 11 is 0. The van der Waals surface area contributed by atoms with Crippen molar-refractivity contribution in [3.63, 3.8) is 0 Å². The van der Waals surface area contributed by atoms with Crippen molar-refractivity contribution in [3.05, 3.63) is 53.8 Å². The van der Waals surface area contributed by atoms with E-state index >= 15 is 0 Å². The van der Waals surface area contributed by atoms with E-state index < -0.39 is 6.04 Å². The highest BCUT2D eigenvalue weighted by atomic mass is 16.5. The summed E-state index contributed by atoms with van der Waals surface area (Å²) in [5, 5.41) is 10.5. The molecule has 24 heavy (non-hydrogen) atoms. The minimum absolute atomic E-state index is 0.0781. The molecule has 2 aromatic heterocycles. The van der Waals surface area contributed by atoms with Gasteiger partial charge in [-0.2, -0.15) is 4.98 Å². The zero-order chi connectivity index (χ0) is 17.1. The number of carbonyl (C=O) groups is 1. The van der Waals surface area contributed by atoms with E-state index in [1.165, 1.54) is 0 Å². The molecular formula is C17H18N4O3. The van der Waals surface area contributed by atoms with Crippen LogP contribution in [0.4, 0.5) is 0 Å². The largest absolute Gasteiger partial charge is 0.355 e. The summed E-state index contributed by atoms with van der Waals surface area (Å²) in [5.74, 6) is 1.17. The Bertz CT molecular complexity index is 823. The van der Waals surface area contributed by atoms with Crippen LogP contribution in [-0.2, 0) is 0 Å². The number of nitrogens with one attached hydrogen (secondary N) is 1. The van der Waals surface area contributed by atoms with Crippen LogP contribution in [-0.4, -0.2) is 21.2 Å². The summed E-state index contributed by atoms with van der Waals surface area (Å²) in [5.41, 5.74) is 1.06. The van der Waals surface area contributed by atoms with Gasteiger partial charge in [-0.15, -0.1) is 0 Å². The van der Waals surface area contributed by atoms with Gasteiger partial charge in [0.1, 0.15) is 6.04 Å². The summed E-state index contributed by atoms with van der Waals surface area (Å²) in [6.45, 7) is 5.65. The van der Waals surface area contributed by atoms with E-state index in [-0.39, 0.29) is 17.5 Å². The maximum absolute atomic E-state index is 12.5. The lowest BCUT2D eigenvalue weighted by molar-refractivity contribution is 0.0904. The van der Waals surface area contributed by atoms with Crippen LogP contribution in [0.2, 0.25) is 0 Å². The molecule has 0 fully saturated rings. The van der Waals surface area contributed by atoms with Gasteiger partial charge in [0.25, 0.3) is 5.91 Å². The van der Waals surface area contributed by atoms with Crippen LogP contribution in [0.15, 0.2) is 45.4 Å². The van der Waals surface area contributed by atoms with E-state index in [9.17, 15) is 4.79 Å². The van der Waals surface area contributed by atoms with Gasteiger partial charge in [-0.25, -0.2) is 0 Å². The van der Waals surface area contributed by atoms with Gasteiger partial charge in [0.05, 0.1) is 0 Å². The molecule has 0 bridgehead atoms. The van der Waals surface area contributed by atoms with Crippen molar-refractivity contribution in [2.75, 3.05) is 0 Å². The first kappa shape index (κ1) is 15.9. The smallest absolute Gasteiger partial charge is 0.274 e. The molecule has 7 nitrogen and oxygen atoms in total. The van der Waals surface area contributed by atoms with E-state index in [4.69, 9.17) is 9.05 Å². The second-order valence-electron chi connectivity index (χ2n) is 5.82. The van der Waals surface area contributed by atoms with Gasteiger partial charge < -0.3 is 14.4 Å². The third-order valence-corrected chi connectivity index (χ3v) is 3.56. The van der Waals surface area contributed by atoms with Gasteiger partial charge in [-0.3, -0.25) is 4.79 Å². The number of amides is 1. The van der Waals surface area contributed by atoms with E-state index in [0.29, 0.717) is 17.5 Å². The highest BCUT2D eigenvalue weighted by Gasteiger charge is 2.26. The van der Waals surface area contributed by atoms with E-state index in [1.807, 2.05) is 44.2 Å². The molecule has 7 heteroatoms. The molecule has 1 N–H and O–H groups in total. The molecule has 0 radical (unpaired) electrons. The first-order valence-electron chi connectivity index (χ1n) is 7.68. The van der Waals surface area contributed by atoms with Gasteiger partial charge in [-0.05, 0) is 12.8 Å². The average molecular weight is 326 g/mol. The van der Waals surface area contributed by atoms with Crippen LogP contribution in [0, 0.1) is 12.8 Å². The van der Waals surface area contributed by atoms with Crippen molar-refractivity contribution in [1.82, 2.24) is 20.6 Å². The summed E-state index contributed by atoms with van der Waals surface area (Å²) < 4.78 is 10.4. The number of carbonyl (C=O) groups excluding carboxylic acids is 1. The van der Waals surface area contributed by atoms with E-state index in [0.717, 1.165) is 5.56 Å². The number of hydrogen-bond donors (Lipinski definition) is 1.